The molecule has 1 heterocycles. The lowest BCUT2D eigenvalue weighted by Gasteiger charge is -2.08. The Hall–Kier alpha value is -1.28. The van der Waals surface area contributed by atoms with Crippen molar-refractivity contribution < 1.29 is 4.79 Å². The van der Waals surface area contributed by atoms with Crippen LogP contribution in [0.5, 0.6) is 0 Å². The average Bonchev–Trinajstić information content (AvgIpc) is 2.61. The van der Waals surface area contributed by atoms with Gasteiger partial charge in [-0.3, -0.25) is 10.2 Å². The summed E-state index contributed by atoms with van der Waals surface area (Å²) >= 11 is 1.47. The third-order valence-corrected chi connectivity index (χ3v) is 2.93. The molecule has 0 radical (unpaired) electrons. The van der Waals surface area contributed by atoms with Crippen molar-refractivity contribution in [3.8, 4) is 0 Å². The number of carbonyl (C=O) groups excluding carboxylic acids is 1. The summed E-state index contributed by atoms with van der Waals surface area (Å²) in [5, 5.41) is 8.35. The second-order valence-corrected chi connectivity index (χ2v) is 4.46. The minimum Gasteiger partial charge on any atom is -0.336 e. The predicted molar refractivity (Wildman–Crippen MR) is 57.1 cm³/mol. The molecule has 15 heavy (non-hydrogen) atoms. The largest absolute Gasteiger partial charge is 0.336 e. The van der Waals surface area contributed by atoms with Gasteiger partial charge >= 0.3 is 0 Å². The van der Waals surface area contributed by atoms with Gasteiger partial charge in [0.25, 0.3) is 0 Å². The molecule has 7 nitrogen and oxygen atoms in total. The number of amides is 1. The SMILES string of the molecule is CC(CCC(=O)NN)Sc1nncn1N. The topological polar surface area (TPSA) is 112 Å². The van der Waals surface area contributed by atoms with Crippen LogP contribution in [0.2, 0.25) is 0 Å². The van der Waals surface area contributed by atoms with Gasteiger partial charge < -0.3 is 5.84 Å². The molecular weight excluding hydrogens is 216 g/mol. The van der Waals surface area contributed by atoms with Crippen LogP contribution in [0.4, 0.5) is 0 Å². The molecule has 0 saturated heterocycles. The number of nitrogens with zero attached hydrogens (tertiary/aromatic N) is 3. The van der Waals surface area contributed by atoms with Crippen molar-refractivity contribution in [1.29, 1.82) is 0 Å². The second kappa shape index (κ2) is 5.56. The van der Waals surface area contributed by atoms with Crippen LogP contribution in [-0.2, 0) is 4.79 Å². The summed E-state index contributed by atoms with van der Waals surface area (Å²) in [5.41, 5.74) is 2.08. The monoisotopic (exact) mass is 230 g/mol. The Balaban J connectivity index is 2.33. The molecule has 0 fully saturated rings. The van der Waals surface area contributed by atoms with Gasteiger partial charge in [0.1, 0.15) is 6.33 Å². The number of hydrogen-bond donors (Lipinski definition) is 3. The van der Waals surface area contributed by atoms with E-state index in [2.05, 4.69) is 15.6 Å². The molecule has 1 amide bonds. The highest BCUT2D eigenvalue weighted by Crippen LogP contribution is 2.22. The van der Waals surface area contributed by atoms with Crippen molar-refractivity contribution in [3.05, 3.63) is 6.33 Å². The molecule has 0 bridgehead atoms. The minimum atomic E-state index is -0.170. The molecule has 1 aromatic rings. The Morgan fingerprint density at radius 3 is 3.07 bits per heavy atom. The highest BCUT2D eigenvalue weighted by Gasteiger charge is 2.10. The smallest absolute Gasteiger partial charge is 0.233 e. The quantitative estimate of drug-likeness (QED) is 0.265. The van der Waals surface area contributed by atoms with Gasteiger partial charge in [-0.15, -0.1) is 10.2 Å². The van der Waals surface area contributed by atoms with E-state index in [0.29, 0.717) is 18.0 Å². The van der Waals surface area contributed by atoms with Gasteiger partial charge in [-0.1, -0.05) is 18.7 Å². The number of hydrazine groups is 1. The van der Waals surface area contributed by atoms with E-state index in [1.54, 1.807) is 0 Å². The number of thioether (sulfide) groups is 1. The average molecular weight is 230 g/mol. The zero-order valence-corrected chi connectivity index (χ0v) is 9.20. The van der Waals surface area contributed by atoms with E-state index in [9.17, 15) is 4.79 Å². The first-order chi connectivity index (χ1) is 7.13. The molecule has 1 unspecified atom stereocenters. The number of carbonyl (C=O) groups is 1. The van der Waals surface area contributed by atoms with Crippen molar-refractivity contribution in [2.24, 2.45) is 5.84 Å². The summed E-state index contributed by atoms with van der Waals surface area (Å²) in [6.45, 7) is 1.99. The number of nitrogens with one attached hydrogen (secondary N) is 1. The Morgan fingerprint density at radius 2 is 2.53 bits per heavy atom. The molecule has 0 aliphatic carbocycles. The van der Waals surface area contributed by atoms with Gasteiger partial charge in [-0.2, -0.15) is 0 Å². The molecule has 1 rings (SSSR count). The van der Waals surface area contributed by atoms with Gasteiger partial charge in [-0.05, 0) is 6.42 Å². The first-order valence-electron chi connectivity index (χ1n) is 4.44. The van der Waals surface area contributed by atoms with Crippen LogP contribution in [0.15, 0.2) is 11.5 Å². The predicted octanol–water partition coefficient (Wildman–Crippen LogP) is -0.757. The van der Waals surface area contributed by atoms with Crippen molar-refractivity contribution in [2.75, 3.05) is 5.84 Å². The second-order valence-electron chi connectivity index (χ2n) is 3.06. The molecule has 0 saturated carbocycles. The minimum absolute atomic E-state index is 0.170. The number of nitrogens with two attached hydrogens (primary N) is 2. The summed E-state index contributed by atoms with van der Waals surface area (Å²) in [6, 6.07) is 0. The zero-order chi connectivity index (χ0) is 11.3. The molecule has 0 aliphatic rings. The first-order valence-corrected chi connectivity index (χ1v) is 5.32. The molecule has 0 spiro atoms. The summed E-state index contributed by atoms with van der Waals surface area (Å²) in [7, 11) is 0. The van der Waals surface area contributed by atoms with Crippen molar-refractivity contribution >= 4 is 17.7 Å². The maximum absolute atomic E-state index is 10.9. The maximum atomic E-state index is 10.9. The fourth-order valence-corrected chi connectivity index (χ4v) is 1.82. The van der Waals surface area contributed by atoms with E-state index in [1.165, 1.54) is 22.8 Å². The lowest BCUT2D eigenvalue weighted by atomic mass is 10.2. The standard InChI is InChI=1S/C7H14N6OS/c1-5(2-3-6(14)11-8)15-7-12-10-4-13(7)9/h4-5H,2-3,8-9H2,1H3,(H,11,14). The first kappa shape index (κ1) is 11.8. The Bertz CT molecular complexity index is 327. The molecular formula is C7H14N6OS. The van der Waals surface area contributed by atoms with Crippen LogP contribution in [0.25, 0.3) is 0 Å². The molecule has 84 valence electrons. The van der Waals surface area contributed by atoms with Crippen molar-refractivity contribution in [2.45, 2.75) is 30.2 Å². The third-order valence-electron chi connectivity index (χ3n) is 1.79. The Labute approximate surface area is 91.5 Å². The van der Waals surface area contributed by atoms with E-state index in [0.717, 1.165) is 0 Å². The lowest BCUT2D eigenvalue weighted by Crippen LogP contribution is -2.30. The molecule has 0 aromatic carbocycles. The highest BCUT2D eigenvalue weighted by atomic mass is 32.2. The fourth-order valence-electron chi connectivity index (χ4n) is 0.962. The van der Waals surface area contributed by atoms with Crippen LogP contribution < -0.4 is 17.1 Å². The highest BCUT2D eigenvalue weighted by molar-refractivity contribution is 7.99. The van der Waals surface area contributed by atoms with Gasteiger partial charge in [0.15, 0.2) is 0 Å². The Morgan fingerprint density at radius 1 is 1.80 bits per heavy atom. The third kappa shape index (κ3) is 3.76. The Kier molecular flexibility index (Phi) is 4.37. The van der Waals surface area contributed by atoms with Gasteiger partial charge in [-0.25, -0.2) is 10.5 Å². The summed E-state index contributed by atoms with van der Waals surface area (Å²) in [5.74, 6) is 10.3. The van der Waals surface area contributed by atoms with Crippen LogP contribution in [-0.4, -0.2) is 26.0 Å². The molecule has 5 N–H and O–H groups in total. The van der Waals surface area contributed by atoms with Crippen molar-refractivity contribution in [3.63, 3.8) is 0 Å². The molecule has 8 heteroatoms. The fraction of sp³-hybridized carbons (Fsp3) is 0.571. The maximum Gasteiger partial charge on any atom is 0.233 e. The normalized spacial score (nSPS) is 12.4. The van der Waals surface area contributed by atoms with Gasteiger partial charge in [0.2, 0.25) is 11.1 Å². The number of hydrogen-bond acceptors (Lipinski definition) is 6. The summed E-state index contributed by atoms with van der Waals surface area (Å²) < 4.78 is 1.35. The van der Waals surface area contributed by atoms with E-state index in [-0.39, 0.29) is 11.2 Å². The zero-order valence-electron chi connectivity index (χ0n) is 8.38. The molecule has 1 aromatic heterocycles. The molecule has 0 aliphatic heterocycles. The summed E-state index contributed by atoms with van der Waals surface area (Å²) in [4.78, 5) is 10.9. The molecule has 1 atom stereocenters. The van der Waals surface area contributed by atoms with E-state index in [1.807, 2.05) is 6.92 Å². The van der Waals surface area contributed by atoms with E-state index < -0.39 is 0 Å². The van der Waals surface area contributed by atoms with Crippen molar-refractivity contribution in [1.82, 2.24) is 20.3 Å². The van der Waals surface area contributed by atoms with E-state index in [4.69, 9.17) is 11.7 Å². The summed E-state index contributed by atoms with van der Waals surface area (Å²) in [6.07, 6.45) is 2.53. The number of aromatic nitrogens is 3. The number of rotatable bonds is 5. The number of nitrogen functional groups attached to an aromatic ring is 1. The van der Waals surface area contributed by atoms with Gasteiger partial charge in [0, 0.05) is 11.7 Å². The van der Waals surface area contributed by atoms with Crippen LogP contribution >= 0.6 is 11.8 Å². The van der Waals surface area contributed by atoms with E-state index >= 15 is 0 Å². The van der Waals surface area contributed by atoms with Gasteiger partial charge in [0.05, 0.1) is 0 Å². The van der Waals surface area contributed by atoms with Crippen LogP contribution in [0, 0.1) is 0 Å². The lowest BCUT2D eigenvalue weighted by molar-refractivity contribution is -0.121. The van der Waals surface area contributed by atoms with Crippen LogP contribution in [0.3, 0.4) is 0 Å². The van der Waals surface area contributed by atoms with Crippen LogP contribution in [0.1, 0.15) is 19.8 Å².